The first-order valence-corrected chi connectivity index (χ1v) is 11.5. The Morgan fingerprint density at radius 1 is 1.09 bits per heavy atom. The number of hydrogen-bond acceptors (Lipinski definition) is 3. The van der Waals surface area contributed by atoms with Crippen molar-refractivity contribution in [1.29, 1.82) is 0 Å². The number of rotatable bonds is 12. The molecule has 1 atom stereocenters. The summed E-state index contributed by atoms with van der Waals surface area (Å²) in [5.74, 6) is -2.13. The summed E-state index contributed by atoms with van der Waals surface area (Å²) in [6.45, 7) is 3.92. The monoisotopic (exact) mass is 469 g/mol. The van der Waals surface area contributed by atoms with Crippen molar-refractivity contribution in [2.24, 2.45) is 5.92 Å². The van der Waals surface area contributed by atoms with Gasteiger partial charge in [0.1, 0.15) is 17.9 Å². The van der Waals surface area contributed by atoms with E-state index in [0.29, 0.717) is 44.4 Å². The van der Waals surface area contributed by atoms with Gasteiger partial charge in [-0.3, -0.25) is 4.90 Å². The molecule has 0 radical (unpaired) electrons. The normalized spacial score (nSPS) is 14.1. The summed E-state index contributed by atoms with van der Waals surface area (Å²) in [5.41, 5.74) is 2.20. The predicted molar refractivity (Wildman–Crippen MR) is 128 cm³/mol. The van der Waals surface area contributed by atoms with Gasteiger partial charge in [-0.2, -0.15) is 0 Å². The molecule has 0 saturated carbocycles. The Hall–Kier alpha value is -3.12. The Labute approximate surface area is 199 Å². The van der Waals surface area contributed by atoms with Gasteiger partial charge in [-0.1, -0.05) is 49.4 Å². The van der Waals surface area contributed by atoms with E-state index in [4.69, 9.17) is 4.74 Å². The summed E-state index contributed by atoms with van der Waals surface area (Å²) in [5, 5.41) is 0. The van der Waals surface area contributed by atoms with E-state index in [2.05, 4.69) is 25.2 Å². The highest BCUT2D eigenvalue weighted by Crippen LogP contribution is 2.21. The molecule has 1 aliphatic carbocycles. The van der Waals surface area contributed by atoms with Crippen LogP contribution in [0, 0.1) is 23.4 Å². The molecule has 34 heavy (non-hydrogen) atoms. The minimum atomic E-state index is -1.19. The summed E-state index contributed by atoms with van der Waals surface area (Å²) >= 11 is 0. The third-order valence-corrected chi connectivity index (χ3v) is 5.71. The lowest BCUT2D eigenvalue weighted by molar-refractivity contribution is -0.107. The molecule has 180 valence electrons. The largest absolute Gasteiger partial charge is 0.494 e. The van der Waals surface area contributed by atoms with Crippen molar-refractivity contribution < 1.29 is 22.7 Å². The number of halogens is 3. The first-order chi connectivity index (χ1) is 16.5. The van der Waals surface area contributed by atoms with E-state index in [9.17, 15) is 18.0 Å². The third-order valence-electron chi connectivity index (χ3n) is 5.71. The van der Waals surface area contributed by atoms with E-state index in [0.717, 1.165) is 24.3 Å². The number of hydrogen-bond donors (Lipinski definition) is 0. The Morgan fingerprint density at radius 3 is 2.74 bits per heavy atom. The molecular weight excluding hydrogens is 439 g/mol. The summed E-state index contributed by atoms with van der Waals surface area (Å²) in [7, 11) is 0. The number of carbonyl (C=O) groups excluding carboxylic acids is 1. The molecule has 2 aromatic carbocycles. The zero-order chi connectivity index (χ0) is 24.3. The molecule has 0 aliphatic heterocycles. The van der Waals surface area contributed by atoms with Crippen LogP contribution in [-0.2, 0) is 17.8 Å². The topological polar surface area (TPSA) is 29.5 Å². The van der Waals surface area contributed by atoms with Gasteiger partial charge in [-0.05, 0) is 48.1 Å². The lowest BCUT2D eigenvalue weighted by Gasteiger charge is -2.27. The van der Waals surface area contributed by atoms with Crippen molar-refractivity contribution in [2.45, 2.75) is 32.7 Å². The molecular formula is C28H30F3NO2. The third kappa shape index (κ3) is 7.73. The fourth-order valence-electron chi connectivity index (χ4n) is 3.95. The maximum atomic E-state index is 14.3. The summed E-state index contributed by atoms with van der Waals surface area (Å²) < 4.78 is 47.3. The Balaban J connectivity index is 1.64. The fourth-order valence-corrected chi connectivity index (χ4v) is 3.95. The van der Waals surface area contributed by atoms with E-state index in [1.165, 1.54) is 5.57 Å². The molecule has 1 aliphatic rings. The van der Waals surface area contributed by atoms with Crippen molar-refractivity contribution in [3.63, 3.8) is 0 Å². The van der Waals surface area contributed by atoms with E-state index in [1.54, 1.807) is 0 Å². The van der Waals surface area contributed by atoms with E-state index in [-0.39, 0.29) is 18.0 Å². The van der Waals surface area contributed by atoms with Crippen molar-refractivity contribution in [2.75, 3.05) is 19.7 Å². The minimum Gasteiger partial charge on any atom is -0.494 e. The molecule has 0 bridgehead atoms. The number of benzene rings is 2. The maximum absolute atomic E-state index is 14.3. The van der Waals surface area contributed by atoms with Crippen LogP contribution in [0.15, 0.2) is 72.4 Å². The van der Waals surface area contributed by atoms with Crippen LogP contribution >= 0.6 is 0 Å². The Bertz CT molecular complexity index is 1060. The summed E-state index contributed by atoms with van der Waals surface area (Å²) in [6, 6.07) is 8.92. The maximum Gasteiger partial charge on any atom is 0.161 e. The predicted octanol–water partition coefficient (Wildman–Crippen LogP) is 6.20. The standard InChI is InChI=1S/C28H30F3NO2/c1-21(23-9-4-2-3-5-10-23)19-32(20-24-17-27(30)28(31)18-26(24)29)13-7-15-34-25-11-6-8-22(16-25)12-14-33/h2-4,6,8-11,14,16-18,21H,5,7,12-13,15,19-20H2,1H3/t21-/m0/s1. The van der Waals surface area contributed by atoms with Crippen LogP contribution in [0.5, 0.6) is 5.75 Å². The van der Waals surface area contributed by atoms with Crippen molar-refractivity contribution >= 4 is 6.29 Å². The molecule has 0 aromatic heterocycles. The van der Waals surface area contributed by atoms with Crippen molar-refractivity contribution in [3.05, 3.63) is 101 Å². The second kappa shape index (κ2) is 12.9. The van der Waals surface area contributed by atoms with Crippen LogP contribution < -0.4 is 4.74 Å². The first kappa shape index (κ1) is 25.5. The average Bonchev–Trinajstić information content (AvgIpc) is 3.10. The quantitative estimate of drug-likeness (QED) is 0.211. The SMILES string of the molecule is C[C@@H](CN(CCCOc1cccc(CC=O)c1)Cc1cc(F)c(F)cc1F)C1=CCC=CC=C1. The number of ether oxygens (including phenoxy) is 1. The van der Waals surface area contributed by atoms with Gasteiger partial charge in [0.15, 0.2) is 11.6 Å². The summed E-state index contributed by atoms with van der Waals surface area (Å²) in [6.07, 6.45) is 13.0. The molecule has 0 heterocycles. The van der Waals surface area contributed by atoms with Crippen LogP contribution in [0.3, 0.4) is 0 Å². The van der Waals surface area contributed by atoms with Gasteiger partial charge in [0, 0.05) is 37.7 Å². The number of allylic oxidation sites excluding steroid dienone is 5. The molecule has 0 saturated heterocycles. The summed E-state index contributed by atoms with van der Waals surface area (Å²) in [4.78, 5) is 12.8. The van der Waals surface area contributed by atoms with E-state index in [1.807, 2.05) is 41.3 Å². The lowest BCUT2D eigenvalue weighted by Crippen LogP contribution is -2.31. The van der Waals surface area contributed by atoms with Crippen LogP contribution in [0.2, 0.25) is 0 Å². The van der Waals surface area contributed by atoms with Crippen LogP contribution in [0.1, 0.15) is 30.9 Å². The molecule has 3 rings (SSSR count). The zero-order valence-corrected chi connectivity index (χ0v) is 19.4. The highest BCUT2D eigenvalue weighted by atomic mass is 19.2. The highest BCUT2D eigenvalue weighted by molar-refractivity contribution is 5.55. The molecule has 0 unspecified atom stereocenters. The fraction of sp³-hybridized carbons (Fsp3) is 0.321. The molecule has 3 nitrogen and oxygen atoms in total. The lowest BCUT2D eigenvalue weighted by atomic mass is 9.99. The van der Waals surface area contributed by atoms with E-state index < -0.39 is 17.5 Å². The van der Waals surface area contributed by atoms with Gasteiger partial charge in [-0.15, -0.1) is 0 Å². The van der Waals surface area contributed by atoms with Gasteiger partial charge in [0.2, 0.25) is 0 Å². The average molecular weight is 470 g/mol. The zero-order valence-electron chi connectivity index (χ0n) is 19.4. The number of carbonyl (C=O) groups is 1. The minimum absolute atomic E-state index is 0.126. The van der Waals surface area contributed by atoms with Gasteiger partial charge < -0.3 is 9.53 Å². The van der Waals surface area contributed by atoms with Crippen molar-refractivity contribution in [3.8, 4) is 5.75 Å². The van der Waals surface area contributed by atoms with Crippen molar-refractivity contribution in [1.82, 2.24) is 4.90 Å². The smallest absolute Gasteiger partial charge is 0.161 e. The van der Waals surface area contributed by atoms with Crippen LogP contribution in [0.4, 0.5) is 13.2 Å². The van der Waals surface area contributed by atoms with Gasteiger partial charge in [0.25, 0.3) is 0 Å². The second-order valence-corrected chi connectivity index (χ2v) is 8.44. The van der Waals surface area contributed by atoms with Gasteiger partial charge in [-0.25, -0.2) is 13.2 Å². The molecule has 6 heteroatoms. The number of nitrogens with zero attached hydrogens (tertiary/aromatic N) is 1. The molecule has 0 fully saturated rings. The van der Waals surface area contributed by atoms with Crippen LogP contribution in [0.25, 0.3) is 0 Å². The number of aldehydes is 1. The Kier molecular flexibility index (Phi) is 9.71. The molecule has 2 aromatic rings. The molecule has 0 N–H and O–H groups in total. The van der Waals surface area contributed by atoms with Crippen LogP contribution in [-0.4, -0.2) is 30.9 Å². The van der Waals surface area contributed by atoms with E-state index >= 15 is 0 Å². The van der Waals surface area contributed by atoms with Gasteiger partial charge in [0.05, 0.1) is 6.61 Å². The van der Waals surface area contributed by atoms with Gasteiger partial charge >= 0.3 is 0 Å². The second-order valence-electron chi connectivity index (χ2n) is 8.44. The highest BCUT2D eigenvalue weighted by Gasteiger charge is 2.17. The Morgan fingerprint density at radius 2 is 1.91 bits per heavy atom. The first-order valence-electron chi connectivity index (χ1n) is 11.5. The molecule has 0 spiro atoms. The molecule has 0 amide bonds.